The summed E-state index contributed by atoms with van der Waals surface area (Å²) in [6, 6.07) is 0. The van der Waals surface area contributed by atoms with E-state index < -0.39 is 17.9 Å². The van der Waals surface area contributed by atoms with Gasteiger partial charge in [0.2, 0.25) is 0 Å². The van der Waals surface area contributed by atoms with Gasteiger partial charge in [0, 0.05) is 6.54 Å². The summed E-state index contributed by atoms with van der Waals surface area (Å²) in [6.07, 6.45) is 7.42. The molecule has 0 atom stereocenters. The van der Waals surface area contributed by atoms with Crippen LogP contribution in [0.1, 0.15) is 0 Å². The number of nitrogens with zero attached hydrogens (tertiary/aromatic N) is 1. The molecule has 0 aromatic rings. The van der Waals surface area contributed by atoms with Crippen molar-refractivity contribution in [1.82, 2.24) is 4.90 Å². The Kier molecular flexibility index (Phi) is 6.03. The molecule has 16 heavy (non-hydrogen) atoms. The number of carboxylic acid groups (broad SMARTS) is 3. The number of rotatable bonds is 2. The molecule has 7 nitrogen and oxygen atoms in total. The molecule has 7 heteroatoms. The van der Waals surface area contributed by atoms with Gasteiger partial charge in [0.05, 0.1) is 0 Å². The van der Waals surface area contributed by atoms with Gasteiger partial charge < -0.3 is 20.2 Å². The monoisotopic (exact) mass is 229 g/mol. The number of aliphatic carboxylic acids is 3. The first kappa shape index (κ1) is 13.7. The van der Waals surface area contributed by atoms with Crippen LogP contribution in [0.25, 0.3) is 0 Å². The Balaban J connectivity index is 0.000000325. The second-order valence-corrected chi connectivity index (χ2v) is 2.70. The molecule has 0 aromatic carbocycles. The lowest BCUT2D eigenvalue weighted by Gasteiger charge is -2.16. The Morgan fingerprint density at radius 3 is 1.94 bits per heavy atom. The SMILES string of the molecule is O=C(O)C(=O)O.O=C(O)CN1C=CC=CC1. The zero-order chi connectivity index (χ0) is 12.6. The predicted octanol–water partition coefficient (Wildman–Crippen LogP) is -0.388. The molecule has 0 amide bonds. The van der Waals surface area contributed by atoms with Crippen LogP contribution in [0.4, 0.5) is 0 Å². The number of hydrogen-bond acceptors (Lipinski definition) is 4. The van der Waals surface area contributed by atoms with Gasteiger partial charge in [-0.3, -0.25) is 4.79 Å². The number of hydrogen-bond donors (Lipinski definition) is 3. The molecule has 0 aliphatic carbocycles. The minimum Gasteiger partial charge on any atom is -0.480 e. The maximum absolute atomic E-state index is 10.2. The average Bonchev–Trinajstić information content (AvgIpc) is 2.19. The van der Waals surface area contributed by atoms with E-state index in [4.69, 9.17) is 24.9 Å². The van der Waals surface area contributed by atoms with Crippen LogP contribution in [0.2, 0.25) is 0 Å². The van der Waals surface area contributed by atoms with Gasteiger partial charge in [-0.25, -0.2) is 9.59 Å². The van der Waals surface area contributed by atoms with Crippen molar-refractivity contribution < 1.29 is 29.7 Å². The molecule has 1 rings (SSSR count). The van der Waals surface area contributed by atoms with Gasteiger partial charge in [0.1, 0.15) is 6.54 Å². The second kappa shape index (κ2) is 7.04. The van der Waals surface area contributed by atoms with E-state index in [0.29, 0.717) is 6.54 Å². The fraction of sp³-hybridized carbons (Fsp3) is 0.222. The van der Waals surface area contributed by atoms with Crippen molar-refractivity contribution in [3.63, 3.8) is 0 Å². The highest BCUT2D eigenvalue weighted by molar-refractivity contribution is 6.27. The third kappa shape index (κ3) is 7.13. The number of carboxylic acids is 3. The van der Waals surface area contributed by atoms with Crippen molar-refractivity contribution in [3.05, 3.63) is 24.4 Å². The van der Waals surface area contributed by atoms with E-state index in [9.17, 15) is 4.79 Å². The molecule has 0 aromatic heterocycles. The Morgan fingerprint density at radius 1 is 1.06 bits per heavy atom. The zero-order valence-electron chi connectivity index (χ0n) is 8.24. The highest BCUT2D eigenvalue weighted by atomic mass is 16.4. The maximum Gasteiger partial charge on any atom is 0.414 e. The van der Waals surface area contributed by atoms with Crippen LogP contribution in [-0.4, -0.2) is 51.2 Å². The minimum atomic E-state index is -1.82. The molecule has 0 bridgehead atoms. The largest absolute Gasteiger partial charge is 0.480 e. The summed E-state index contributed by atoms with van der Waals surface area (Å²) < 4.78 is 0. The van der Waals surface area contributed by atoms with Crippen molar-refractivity contribution >= 4 is 17.9 Å². The second-order valence-electron chi connectivity index (χ2n) is 2.70. The van der Waals surface area contributed by atoms with E-state index in [1.165, 1.54) is 0 Å². The Hall–Kier alpha value is -2.31. The Bertz CT molecular complexity index is 321. The molecule has 0 saturated carbocycles. The van der Waals surface area contributed by atoms with Gasteiger partial charge in [0.25, 0.3) is 0 Å². The first-order chi connectivity index (χ1) is 7.43. The third-order valence-corrected chi connectivity index (χ3v) is 1.41. The molecule has 0 fully saturated rings. The van der Waals surface area contributed by atoms with Crippen LogP contribution >= 0.6 is 0 Å². The summed E-state index contributed by atoms with van der Waals surface area (Å²) in [5, 5.41) is 23.1. The standard InChI is InChI=1S/C7H9NO2.C2H2O4/c9-7(10)6-8-4-2-1-3-5-8;3-1(4)2(5)6/h1-4H,5-6H2,(H,9,10);(H,3,4)(H,5,6). The summed E-state index contributed by atoms with van der Waals surface area (Å²) >= 11 is 0. The lowest BCUT2D eigenvalue weighted by atomic mass is 10.3. The van der Waals surface area contributed by atoms with Crippen LogP contribution in [-0.2, 0) is 14.4 Å². The fourth-order valence-electron chi connectivity index (χ4n) is 0.798. The van der Waals surface area contributed by atoms with Crippen molar-refractivity contribution in [2.75, 3.05) is 13.1 Å². The quantitative estimate of drug-likeness (QED) is 0.552. The molecule has 0 spiro atoms. The van der Waals surface area contributed by atoms with Crippen molar-refractivity contribution in [2.45, 2.75) is 0 Å². The summed E-state index contributed by atoms with van der Waals surface area (Å²) in [7, 11) is 0. The molecular weight excluding hydrogens is 218 g/mol. The van der Waals surface area contributed by atoms with Crippen LogP contribution in [0, 0.1) is 0 Å². The summed E-state index contributed by atoms with van der Waals surface area (Å²) in [5.74, 6) is -4.44. The van der Waals surface area contributed by atoms with Gasteiger partial charge >= 0.3 is 17.9 Å². The molecule has 3 N–H and O–H groups in total. The highest BCUT2D eigenvalue weighted by Crippen LogP contribution is 1.96. The molecule has 1 aliphatic heterocycles. The van der Waals surface area contributed by atoms with Gasteiger partial charge in [-0.1, -0.05) is 12.2 Å². The average molecular weight is 229 g/mol. The lowest BCUT2D eigenvalue weighted by Crippen LogP contribution is -2.25. The molecule has 1 aliphatic rings. The van der Waals surface area contributed by atoms with E-state index in [1.54, 1.807) is 11.1 Å². The molecule has 0 unspecified atom stereocenters. The van der Waals surface area contributed by atoms with Gasteiger partial charge in [0.15, 0.2) is 0 Å². The number of carbonyl (C=O) groups is 3. The van der Waals surface area contributed by atoms with Crippen molar-refractivity contribution in [2.24, 2.45) is 0 Å². The Morgan fingerprint density at radius 2 is 1.62 bits per heavy atom. The van der Waals surface area contributed by atoms with E-state index in [2.05, 4.69) is 0 Å². The highest BCUT2D eigenvalue weighted by Gasteiger charge is 2.04. The van der Waals surface area contributed by atoms with Crippen LogP contribution in [0.5, 0.6) is 0 Å². The Labute approximate surface area is 90.9 Å². The molecule has 0 saturated heterocycles. The predicted molar refractivity (Wildman–Crippen MR) is 52.8 cm³/mol. The maximum atomic E-state index is 10.2. The normalized spacial score (nSPS) is 12.6. The first-order valence-electron chi connectivity index (χ1n) is 4.19. The van der Waals surface area contributed by atoms with Crippen LogP contribution in [0.15, 0.2) is 24.4 Å². The molecule has 88 valence electrons. The smallest absolute Gasteiger partial charge is 0.414 e. The van der Waals surface area contributed by atoms with Crippen molar-refractivity contribution in [3.8, 4) is 0 Å². The summed E-state index contributed by atoms with van der Waals surface area (Å²) in [6.45, 7) is 0.781. The fourth-order valence-corrected chi connectivity index (χ4v) is 0.798. The van der Waals surface area contributed by atoms with Crippen LogP contribution < -0.4 is 0 Å². The van der Waals surface area contributed by atoms with Gasteiger partial charge in [-0.05, 0) is 12.3 Å². The minimum absolute atomic E-state index is 0.0842. The zero-order valence-corrected chi connectivity index (χ0v) is 8.24. The van der Waals surface area contributed by atoms with E-state index >= 15 is 0 Å². The van der Waals surface area contributed by atoms with E-state index in [-0.39, 0.29) is 6.54 Å². The third-order valence-electron chi connectivity index (χ3n) is 1.41. The first-order valence-corrected chi connectivity index (χ1v) is 4.19. The summed E-state index contributed by atoms with van der Waals surface area (Å²) in [5.41, 5.74) is 0. The van der Waals surface area contributed by atoms with Gasteiger partial charge in [-0.15, -0.1) is 0 Å². The topological polar surface area (TPSA) is 115 Å². The van der Waals surface area contributed by atoms with E-state index in [1.807, 2.05) is 18.2 Å². The molecule has 0 radical (unpaired) electrons. The molecule has 1 heterocycles. The number of allylic oxidation sites excluding steroid dienone is 2. The van der Waals surface area contributed by atoms with Crippen LogP contribution in [0.3, 0.4) is 0 Å². The lowest BCUT2D eigenvalue weighted by molar-refractivity contribution is -0.159. The van der Waals surface area contributed by atoms with Crippen molar-refractivity contribution in [1.29, 1.82) is 0 Å². The van der Waals surface area contributed by atoms with E-state index in [0.717, 1.165) is 0 Å². The van der Waals surface area contributed by atoms with Gasteiger partial charge in [-0.2, -0.15) is 0 Å². The summed E-state index contributed by atoms with van der Waals surface area (Å²) in [4.78, 5) is 30.1. The molecular formula is C9H11NO6.